The first kappa shape index (κ1) is 15.1. The van der Waals surface area contributed by atoms with E-state index in [-0.39, 0.29) is 0 Å². The highest BCUT2D eigenvalue weighted by molar-refractivity contribution is 14.1. The van der Waals surface area contributed by atoms with Crippen molar-refractivity contribution in [2.24, 2.45) is 0 Å². The number of hydrogen-bond acceptors (Lipinski definition) is 1. The maximum absolute atomic E-state index is 14.0. The molecule has 2 atom stereocenters. The van der Waals surface area contributed by atoms with Gasteiger partial charge >= 0.3 is 12.1 Å². The molecule has 0 aliphatic rings. The largest absolute Gasteiger partial charge is 0.479 e. The van der Waals surface area contributed by atoms with Gasteiger partial charge in [-0.1, -0.05) is 12.1 Å². The second kappa shape index (κ2) is 4.98. The Morgan fingerprint density at radius 2 is 1.72 bits per heavy atom. The van der Waals surface area contributed by atoms with Gasteiger partial charge in [0, 0.05) is 5.56 Å². The Morgan fingerprint density at radius 1 is 1.22 bits per heavy atom. The van der Waals surface area contributed by atoms with Crippen LogP contribution in [0.25, 0.3) is 0 Å². The van der Waals surface area contributed by atoms with Gasteiger partial charge in [-0.3, -0.25) is 0 Å². The van der Waals surface area contributed by atoms with E-state index in [1.54, 1.807) is 0 Å². The summed E-state index contributed by atoms with van der Waals surface area (Å²) in [4.78, 5) is 10.7. The van der Waals surface area contributed by atoms with Crippen molar-refractivity contribution in [1.82, 2.24) is 0 Å². The lowest BCUT2D eigenvalue weighted by Gasteiger charge is -2.22. The molecule has 1 aromatic carbocycles. The molecule has 1 aromatic rings. The van der Waals surface area contributed by atoms with Gasteiger partial charge in [-0.05, 0) is 34.7 Å². The van der Waals surface area contributed by atoms with E-state index in [1.165, 1.54) is 0 Å². The quantitative estimate of drug-likeness (QED) is 0.494. The van der Waals surface area contributed by atoms with Gasteiger partial charge in [0.05, 0.1) is 5.56 Å². The molecule has 0 aliphatic carbocycles. The number of carboxylic acids is 1. The van der Waals surface area contributed by atoms with Crippen LogP contribution in [0.15, 0.2) is 24.3 Å². The predicted octanol–water partition coefficient (Wildman–Crippen LogP) is 3.69. The van der Waals surface area contributed by atoms with E-state index < -0.39 is 33.1 Å². The molecule has 1 N–H and O–H groups in total. The van der Waals surface area contributed by atoms with Crippen LogP contribution in [0.2, 0.25) is 0 Å². The van der Waals surface area contributed by atoms with Crippen LogP contribution in [0.4, 0.5) is 22.0 Å². The maximum atomic E-state index is 14.0. The summed E-state index contributed by atoms with van der Waals surface area (Å²) in [6.45, 7) is 0. The van der Waals surface area contributed by atoms with E-state index in [0.29, 0.717) is 12.1 Å². The van der Waals surface area contributed by atoms with Crippen molar-refractivity contribution in [3.63, 3.8) is 0 Å². The highest BCUT2D eigenvalue weighted by Gasteiger charge is 2.49. The summed E-state index contributed by atoms with van der Waals surface area (Å²) in [5.41, 5.74) is -5.63. The molecule has 0 bridgehead atoms. The van der Waals surface area contributed by atoms with Crippen LogP contribution >= 0.6 is 22.6 Å². The Morgan fingerprint density at radius 3 is 2.11 bits per heavy atom. The van der Waals surface area contributed by atoms with E-state index in [2.05, 4.69) is 0 Å². The minimum atomic E-state index is -4.76. The molecule has 8 heteroatoms. The van der Waals surface area contributed by atoms with Crippen LogP contribution in [0.5, 0.6) is 0 Å². The van der Waals surface area contributed by atoms with E-state index >= 15 is 0 Å². The number of carboxylic acid groups (broad SMARTS) is 1. The average Bonchev–Trinajstić information content (AvgIpc) is 2.26. The van der Waals surface area contributed by atoms with Crippen LogP contribution in [-0.2, 0) is 16.6 Å². The third-order valence-corrected chi connectivity index (χ3v) is 3.08. The Labute approximate surface area is 112 Å². The van der Waals surface area contributed by atoms with Crippen molar-refractivity contribution >= 4 is 28.6 Å². The van der Waals surface area contributed by atoms with Crippen molar-refractivity contribution in [1.29, 1.82) is 0 Å². The molecule has 0 saturated carbocycles. The van der Waals surface area contributed by atoms with Gasteiger partial charge in [0.25, 0.3) is 5.67 Å². The van der Waals surface area contributed by atoms with Gasteiger partial charge in [0.15, 0.2) is 4.18 Å². The van der Waals surface area contributed by atoms with Crippen molar-refractivity contribution in [2.45, 2.75) is 16.0 Å². The van der Waals surface area contributed by atoms with E-state index in [0.717, 1.165) is 34.7 Å². The number of hydrogen-bond donors (Lipinski definition) is 1. The predicted molar refractivity (Wildman–Crippen MR) is 60.8 cm³/mol. The second-order valence-electron chi connectivity index (χ2n) is 3.40. The minimum Gasteiger partial charge on any atom is -0.479 e. The molecule has 0 spiro atoms. The molecular formula is C10H6F5IO2. The normalized spacial score (nSPS) is 17.0. The van der Waals surface area contributed by atoms with E-state index in [9.17, 15) is 26.7 Å². The topological polar surface area (TPSA) is 37.3 Å². The van der Waals surface area contributed by atoms with Crippen molar-refractivity contribution in [3.8, 4) is 0 Å². The smallest absolute Gasteiger partial charge is 0.416 e. The SMILES string of the molecule is O=C(O)C(F)(c1cccc(C(F)(F)F)c1)C(F)I. The number of rotatable bonds is 3. The molecular weight excluding hydrogens is 374 g/mol. The lowest BCUT2D eigenvalue weighted by Crippen LogP contribution is -2.37. The average molecular weight is 380 g/mol. The van der Waals surface area contributed by atoms with Crippen LogP contribution < -0.4 is 0 Å². The number of alkyl halides is 6. The number of benzene rings is 1. The first-order valence-corrected chi connectivity index (χ1v) is 5.73. The molecule has 18 heavy (non-hydrogen) atoms. The zero-order chi connectivity index (χ0) is 14.1. The molecule has 2 unspecified atom stereocenters. The van der Waals surface area contributed by atoms with Crippen molar-refractivity contribution in [3.05, 3.63) is 35.4 Å². The molecule has 0 aromatic heterocycles. The molecule has 0 radical (unpaired) electrons. The van der Waals surface area contributed by atoms with Crippen molar-refractivity contribution < 1.29 is 31.9 Å². The molecule has 0 amide bonds. The fraction of sp³-hybridized carbons (Fsp3) is 0.300. The zero-order valence-corrected chi connectivity index (χ0v) is 10.7. The molecule has 0 aliphatic heterocycles. The Bertz CT molecular complexity index is 460. The summed E-state index contributed by atoms with van der Waals surface area (Å²) in [6.07, 6.45) is -4.76. The van der Waals surface area contributed by atoms with Gasteiger partial charge in [-0.25, -0.2) is 13.6 Å². The summed E-state index contributed by atoms with van der Waals surface area (Å²) in [6, 6.07) is 2.56. The highest BCUT2D eigenvalue weighted by Crippen LogP contribution is 2.38. The zero-order valence-electron chi connectivity index (χ0n) is 8.51. The third kappa shape index (κ3) is 2.73. The van der Waals surface area contributed by atoms with E-state index in [1.807, 2.05) is 0 Å². The molecule has 2 nitrogen and oxygen atoms in total. The van der Waals surface area contributed by atoms with Crippen LogP contribution in [0.1, 0.15) is 11.1 Å². The van der Waals surface area contributed by atoms with E-state index in [4.69, 9.17) is 5.11 Å². The van der Waals surface area contributed by atoms with Crippen LogP contribution in [0.3, 0.4) is 0 Å². The van der Waals surface area contributed by atoms with Gasteiger partial charge in [-0.15, -0.1) is 0 Å². The Kier molecular flexibility index (Phi) is 4.19. The monoisotopic (exact) mass is 380 g/mol. The van der Waals surface area contributed by atoms with Gasteiger partial charge in [0.1, 0.15) is 0 Å². The minimum absolute atomic E-state index is 0.291. The highest BCUT2D eigenvalue weighted by atomic mass is 127. The fourth-order valence-corrected chi connectivity index (χ4v) is 1.89. The summed E-state index contributed by atoms with van der Waals surface area (Å²) in [7, 11) is 0. The Balaban J connectivity index is 3.36. The molecule has 0 saturated heterocycles. The molecule has 1 rings (SSSR count). The lowest BCUT2D eigenvalue weighted by molar-refractivity contribution is -0.154. The first-order valence-electron chi connectivity index (χ1n) is 4.48. The lowest BCUT2D eigenvalue weighted by atomic mass is 9.95. The molecule has 0 fully saturated rings. The number of aliphatic carboxylic acids is 1. The van der Waals surface area contributed by atoms with Gasteiger partial charge in [-0.2, -0.15) is 13.2 Å². The van der Waals surface area contributed by atoms with Crippen LogP contribution in [-0.4, -0.2) is 15.3 Å². The third-order valence-electron chi connectivity index (χ3n) is 2.22. The Hall–Kier alpha value is -0.930. The summed E-state index contributed by atoms with van der Waals surface area (Å²) in [5, 5.41) is 8.65. The van der Waals surface area contributed by atoms with Crippen molar-refractivity contribution in [2.75, 3.05) is 0 Å². The van der Waals surface area contributed by atoms with Crippen LogP contribution in [0, 0.1) is 0 Å². The second-order valence-corrected chi connectivity index (χ2v) is 4.49. The van der Waals surface area contributed by atoms with Gasteiger partial charge < -0.3 is 5.11 Å². The molecule has 0 heterocycles. The number of carbonyl (C=O) groups is 1. The standard InChI is InChI=1S/C10H6F5IO2/c11-7(16)9(12,8(17)18)5-2-1-3-6(4-5)10(13,14)15/h1-4,7H,(H,17,18). The summed E-state index contributed by atoms with van der Waals surface area (Å²) >= 11 is 0.869. The number of halogens is 6. The molecule has 100 valence electrons. The summed E-state index contributed by atoms with van der Waals surface area (Å²) < 4.78 is 61.7. The maximum Gasteiger partial charge on any atom is 0.416 e. The fourth-order valence-electron chi connectivity index (χ4n) is 1.26. The first-order chi connectivity index (χ1) is 8.10. The van der Waals surface area contributed by atoms with Gasteiger partial charge in [0.2, 0.25) is 0 Å². The summed E-state index contributed by atoms with van der Waals surface area (Å²) in [5.74, 6) is -2.18.